The fourth-order valence-electron chi connectivity index (χ4n) is 1.68. The first-order valence-corrected chi connectivity index (χ1v) is 6.14. The van der Waals surface area contributed by atoms with Crippen LogP contribution in [0.15, 0.2) is 12.1 Å². The molecular weight excluding hydrogens is 269 g/mol. The number of nitro benzene ring substituents is 1. The van der Waals surface area contributed by atoms with Crippen LogP contribution in [0.3, 0.4) is 0 Å². The normalized spacial score (nSPS) is 10.4. The Labute approximate surface area is 115 Å². The van der Waals surface area contributed by atoms with Crippen molar-refractivity contribution in [2.24, 2.45) is 0 Å². The second-order valence-corrected chi connectivity index (χ2v) is 4.32. The number of nitrogens with zero attached hydrogens (tertiary/aromatic N) is 1. The molecule has 0 saturated carbocycles. The molecule has 0 unspecified atom stereocenters. The molecule has 0 heterocycles. The first-order valence-electron chi connectivity index (χ1n) is 6.14. The summed E-state index contributed by atoms with van der Waals surface area (Å²) < 4.78 is 23.8. The van der Waals surface area contributed by atoms with Crippen LogP contribution in [0.1, 0.15) is 26.3 Å². The Bertz CT molecular complexity index is 516. The fourth-order valence-corrected chi connectivity index (χ4v) is 1.68. The van der Waals surface area contributed by atoms with Gasteiger partial charge in [0.15, 0.2) is 0 Å². The summed E-state index contributed by atoms with van der Waals surface area (Å²) in [6.45, 7) is 5.25. The van der Waals surface area contributed by atoms with Crippen molar-refractivity contribution in [1.82, 2.24) is 0 Å². The Morgan fingerprint density at radius 1 is 1.45 bits per heavy atom. The quantitative estimate of drug-likeness (QED) is 0.456. The molecule has 1 rings (SSSR count). The third-order valence-electron chi connectivity index (χ3n) is 2.31. The van der Waals surface area contributed by atoms with Crippen LogP contribution in [0.25, 0.3) is 0 Å². The summed E-state index contributed by atoms with van der Waals surface area (Å²) in [4.78, 5) is 21.5. The molecule has 0 fully saturated rings. The number of benzene rings is 1. The Morgan fingerprint density at radius 2 is 2.10 bits per heavy atom. The highest BCUT2D eigenvalue weighted by atomic mass is 19.1. The molecule has 7 heteroatoms. The van der Waals surface area contributed by atoms with Gasteiger partial charge in [-0.15, -0.1) is 0 Å². The SMILES string of the molecule is CCOC(=O)Cc1cc(OC(C)C)cc(F)c1[N+](=O)[O-]. The number of hydrogen-bond donors (Lipinski definition) is 0. The molecule has 20 heavy (non-hydrogen) atoms. The second kappa shape index (κ2) is 6.83. The van der Waals surface area contributed by atoms with E-state index in [1.807, 2.05) is 0 Å². The Balaban J connectivity index is 3.18. The lowest BCUT2D eigenvalue weighted by Gasteiger charge is -2.11. The van der Waals surface area contributed by atoms with Crippen molar-refractivity contribution in [2.75, 3.05) is 6.61 Å². The van der Waals surface area contributed by atoms with E-state index >= 15 is 0 Å². The van der Waals surface area contributed by atoms with Crippen LogP contribution in [0.4, 0.5) is 10.1 Å². The zero-order valence-electron chi connectivity index (χ0n) is 11.5. The summed E-state index contributed by atoms with van der Waals surface area (Å²) in [5, 5.41) is 10.9. The van der Waals surface area contributed by atoms with Gasteiger partial charge >= 0.3 is 11.7 Å². The maximum Gasteiger partial charge on any atom is 0.310 e. The average molecular weight is 285 g/mol. The van der Waals surface area contributed by atoms with Gasteiger partial charge in [-0.3, -0.25) is 14.9 Å². The molecule has 0 atom stereocenters. The minimum atomic E-state index is -1.03. The van der Waals surface area contributed by atoms with Crippen molar-refractivity contribution in [3.05, 3.63) is 33.6 Å². The summed E-state index contributed by atoms with van der Waals surface area (Å²) in [6, 6.07) is 2.23. The average Bonchev–Trinajstić information content (AvgIpc) is 2.26. The van der Waals surface area contributed by atoms with Gasteiger partial charge in [0.2, 0.25) is 5.82 Å². The molecule has 0 aromatic heterocycles. The number of carbonyl (C=O) groups excluding carboxylic acids is 1. The van der Waals surface area contributed by atoms with Gasteiger partial charge in [0, 0.05) is 11.6 Å². The number of halogens is 1. The van der Waals surface area contributed by atoms with Gasteiger partial charge in [0.25, 0.3) is 0 Å². The number of carbonyl (C=O) groups is 1. The molecule has 0 radical (unpaired) electrons. The molecule has 1 aromatic rings. The van der Waals surface area contributed by atoms with E-state index in [-0.39, 0.29) is 30.4 Å². The maximum atomic E-state index is 13.8. The van der Waals surface area contributed by atoms with Crippen LogP contribution in [-0.2, 0) is 16.0 Å². The predicted octanol–water partition coefficient (Wildman–Crippen LogP) is 2.63. The second-order valence-electron chi connectivity index (χ2n) is 4.32. The number of hydrogen-bond acceptors (Lipinski definition) is 5. The van der Waals surface area contributed by atoms with Crippen LogP contribution in [-0.4, -0.2) is 23.6 Å². The summed E-state index contributed by atoms with van der Waals surface area (Å²) in [7, 11) is 0. The Hall–Kier alpha value is -2.18. The van der Waals surface area contributed by atoms with Gasteiger partial charge in [0.05, 0.1) is 24.1 Å². The van der Waals surface area contributed by atoms with Crippen LogP contribution < -0.4 is 4.74 Å². The number of nitro groups is 1. The van der Waals surface area contributed by atoms with Crippen LogP contribution >= 0.6 is 0 Å². The zero-order chi connectivity index (χ0) is 15.3. The molecule has 0 amide bonds. The third kappa shape index (κ3) is 4.18. The standard InChI is InChI=1S/C13H16FNO5/c1-4-19-12(16)6-9-5-10(20-8(2)3)7-11(14)13(9)15(17)18/h5,7-8H,4,6H2,1-3H3. The molecular formula is C13H16FNO5. The lowest BCUT2D eigenvalue weighted by molar-refractivity contribution is -0.388. The van der Waals surface area contributed by atoms with E-state index in [0.717, 1.165) is 6.07 Å². The molecule has 1 aromatic carbocycles. The molecule has 6 nitrogen and oxygen atoms in total. The van der Waals surface area contributed by atoms with Crippen molar-refractivity contribution in [1.29, 1.82) is 0 Å². The highest BCUT2D eigenvalue weighted by Crippen LogP contribution is 2.29. The predicted molar refractivity (Wildman–Crippen MR) is 69.2 cm³/mol. The first kappa shape index (κ1) is 15.9. The lowest BCUT2D eigenvalue weighted by Crippen LogP contribution is -2.11. The van der Waals surface area contributed by atoms with E-state index in [2.05, 4.69) is 0 Å². The highest BCUT2D eigenvalue weighted by molar-refractivity contribution is 5.74. The smallest absolute Gasteiger partial charge is 0.310 e. The Kier molecular flexibility index (Phi) is 5.42. The minimum Gasteiger partial charge on any atom is -0.491 e. The van der Waals surface area contributed by atoms with E-state index in [9.17, 15) is 19.3 Å². The molecule has 0 aliphatic heterocycles. The van der Waals surface area contributed by atoms with Gasteiger partial charge in [-0.2, -0.15) is 4.39 Å². The van der Waals surface area contributed by atoms with Gasteiger partial charge in [-0.05, 0) is 26.8 Å². The van der Waals surface area contributed by atoms with Gasteiger partial charge in [-0.1, -0.05) is 0 Å². The summed E-state index contributed by atoms with van der Waals surface area (Å²) in [6.07, 6.45) is -0.595. The van der Waals surface area contributed by atoms with Gasteiger partial charge < -0.3 is 9.47 Å². The van der Waals surface area contributed by atoms with E-state index < -0.39 is 22.4 Å². The molecule has 0 aliphatic rings. The first-order chi connectivity index (χ1) is 9.35. The van der Waals surface area contributed by atoms with Crippen molar-refractivity contribution < 1.29 is 23.6 Å². The summed E-state index contributed by atoms with van der Waals surface area (Å²) in [5.74, 6) is -1.55. The van der Waals surface area contributed by atoms with Crippen molar-refractivity contribution in [2.45, 2.75) is 33.3 Å². The molecule has 0 aliphatic carbocycles. The van der Waals surface area contributed by atoms with Crippen molar-refractivity contribution >= 4 is 11.7 Å². The molecule has 0 bridgehead atoms. The third-order valence-corrected chi connectivity index (χ3v) is 2.31. The van der Waals surface area contributed by atoms with E-state index in [0.29, 0.717) is 0 Å². The monoisotopic (exact) mass is 285 g/mol. The number of rotatable bonds is 6. The fraction of sp³-hybridized carbons (Fsp3) is 0.462. The zero-order valence-corrected chi connectivity index (χ0v) is 11.5. The van der Waals surface area contributed by atoms with Crippen molar-refractivity contribution in [3.8, 4) is 5.75 Å². The number of ether oxygens (including phenoxy) is 2. The van der Waals surface area contributed by atoms with E-state index in [1.165, 1.54) is 6.07 Å². The lowest BCUT2D eigenvalue weighted by atomic mass is 10.1. The van der Waals surface area contributed by atoms with E-state index in [4.69, 9.17) is 9.47 Å². The molecule has 0 spiro atoms. The van der Waals surface area contributed by atoms with Gasteiger partial charge in [-0.25, -0.2) is 0 Å². The van der Waals surface area contributed by atoms with Crippen LogP contribution in [0.2, 0.25) is 0 Å². The Morgan fingerprint density at radius 3 is 2.60 bits per heavy atom. The summed E-state index contributed by atoms with van der Waals surface area (Å²) in [5.41, 5.74) is -0.793. The molecule has 110 valence electrons. The minimum absolute atomic E-state index is 0.0656. The van der Waals surface area contributed by atoms with Crippen LogP contribution in [0.5, 0.6) is 5.75 Å². The largest absolute Gasteiger partial charge is 0.491 e. The van der Waals surface area contributed by atoms with Crippen molar-refractivity contribution in [3.63, 3.8) is 0 Å². The maximum absolute atomic E-state index is 13.8. The molecule has 0 N–H and O–H groups in total. The van der Waals surface area contributed by atoms with Gasteiger partial charge in [0.1, 0.15) is 5.75 Å². The molecule has 0 saturated heterocycles. The number of esters is 1. The topological polar surface area (TPSA) is 78.7 Å². The highest BCUT2D eigenvalue weighted by Gasteiger charge is 2.24. The van der Waals surface area contributed by atoms with E-state index in [1.54, 1.807) is 20.8 Å². The van der Waals surface area contributed by atoms with Crippen LogP contribution in [0, 0.1) is 15.9 Å². The summed E-state index contributed by atoms with van der Waals surface area (Å²) >= 11 is 0.